The third-order valence-corrected chi connectivity index (χ3v) is 2.47. The van der Waals surface area contributed by atoms with Crippen LogP contribution >= 0.6 is 0 Å². The minimum absolute atomic E-state index is 0.148. The second-order valence-electron chi connectivity index (χ2n) is 3.76. The van der Waals surface area contributed by atoms with Gasteiger partial charge in [-0.05, 0) is 24.4 Å². The average molecular weight is 223 g/mol. The van der Waals surface area contributed by atoms with Crippen LogP contribution in [-0.4, -0.2) is 37.0 Å². The quantitative estimate of drug-likeness (QED) is 0.721. The molecule has 0 bridgehead atoms. The number of hydrogen-bond acceptors (Lipinski definition) is 3. The highest BCUT2D eigenvalue weighted by molar-refractivity contribution is 6.47. The van der Waals surface area contributed by atoms with Crippen molar-refractivity contribution in [3.05, 3.63) is 23.4 Å². The van der Waals surface area contributed by atoms with Crippen LogP contribution in [0.3, 0.4) is 0 Å². The fraction of sp³-hybridized carbons (Fsp3) is 0.545. The summed E-state index contributed by atoms with van der Waals surface area (Å²) in [6.07, 6.45) is 6.19. The van der Waals surface area contributed by atoms with Crippen molar-refractivity contribution in [1.82, 2.24) is 4.90 Å². The third-order valence-electron chi connectivity index (χ3n) is 2.47. The molecule has 1 aliphatic heterocycles. The molecule has 1 heterocycles. The van der Waals surface area contributed by atoms with E-state index in [1.165, 1.54) is 0 Å². The molecule has 16 heavy (non-hydrogen) atoms. The fourth-order valence-corrected chi connectivity index (χ4v) is 1.44. The van der Waals surface area contributed by atoms with Crippen LogP contribution in [0.15, 0.2) is 28.4 Å². The first kappa shape index (κ1) is 13.0. The van der Waals surface area contributed by atoms with Crippen LogP contribution in [0, 0.1) is 0 Å². The van der Waals surface area contributed by atoms with Crippen LogP contribution in [-0.2, 0) is 0 Å². The van der Waals surface area contributed by atoms with Gasteiger partial charge in [-0.15, -0.1) is 0 Å². The molecule has 87 valence electrons. The summed E-state index contributed by atoms with van der Waals surface area (Å²) in [6, 6.07) is 0. The summed E-state index contributed by atoms with van der Waals surface area (Å²) >= 11 is 0. The molecule has 0 saturated heterocycles. The Hall–Kier alpha value is -1.10. The number of rotatable bonds is 5. The van der Waals surface area contributed by atoms with Crippen molar-refractivity contribution in [1.29, 1.82) is 0 Å². The Bertz CT molecular complexity index is 326. The monoisotopic (exact) mass is 223 g/mol. The molecule has 1 radical (unpaired) electrons. The standard InChI is InChI=1S/C11H17BFN2O/c1-3-4-8-15(2)10-7-5-6-9(12-16)11(13)14-10/h6-7,16H,3-5,8H2,1-2H3. The largest absolute Gasteiger partial charge is 0.450 e. The molecule has 0 aromatic heterocycles. The van der Waals surface area contributed by atoms with Crippen LogP contribution in [0.4, 0.5) is 4.39 Å². The molecule has 3 nitrogen and oxygen atoms in total. The van der Waals surface area contributed by atoms with Crippen molar-refractivity contribution >= 4 is 13.4 Å². The van der Waals surface area contributed by atoms with Gasteiger partial charge in [0.05, 0.1) is 0 Å². The zero-order valence-corrected chi connectivity index (χ0v) is 9.78. The Morgan fingerprint density at radius 1 is 1.56 bits per heavy atom. The van der Waals surface area contributed by atoms with Gasteiger partial charge >= 0.3 is 7.48 Å². The lowest BCUT2D eigenvalue weighted by molar-refractivity contribution is 0.400. The predicted molar refractivity (Wildman–Crippen MR) is 64.8 cm³/mol. The third kappa shape index (κ3) is 3.49. The Kier molecular flexibility index (Phi) is 5.25. The number of halogens is 1. The Morgan fingerprint density at radius 3 is 2.94 bits per heavy atom. The van der Waals surface area contributed by atoms with Crippen molar-refractivity contribution in [2.24, 2.45) is 4.99 Å². The molecule has 5 heteroatoms. The van der Waals surface area contributed by atoms with Crippen molar-refractivity contribution in [2.45, 2.75) is 26.2 Å². The molecule has 0 aliphatic carbocycles. The van der Waals surface area contributed by atoms with E-state index in [0.29, 0.717) is 12.2 Å². The van der Waals surface area contributed by atoms with Crippen molar-refractivity contribution in [2.75, 3.05) is 13.6 Å². The van der Waals surface area contributed by atoms with E-state index in [0.717, 1.165) is 26.9 Å². The molecule has 0 fully saturated rings. The first-order valence-corrected chi connectivity index (χ1v) is 5.52. The van der Waals surface area contributed by atoms with Gasteiger partial charge in [0.15, 0.2) is 0 Å². The summed E-state index contributed by atoms with van der Waals surface area (Å²) in [7, 11) is 2.65. The maximum atomic E-state index is 13.5. The van der Waals surface area contributed by atoms with E-state index in [1.54, 1.807) is 6.08 Å². The highest BCUT2D eigenvalue weighted by Gasteiger charge is 2.12. The molecule has 0 unspecified atom stereocenters. The van der Waals surface area contributed by atoms with Crippen LogP contribution in [0.25, 0.3) is 0 Å². The number of aliphatic imine (C=N–C) groups is 1. The van der Waals surface area contributed by atoms with E-state index in [-0.39, 0.29) is 5.47 Å². The molecule has 1 N–H and O–H groups in total. The molecule has 0 atom stereocenters. The number of hydrogen-bond donors (Lipinski definition) is 1. The lowest BCUT2D eigenvalue weighted by Gasteiger charge is -2.18. The normalized spacial score (nSPS) is 15.9. The van der Waals surface area contributed by atoms with Gasteiger partial charge in [0, 0.05) is 13.6 Å². The lowest BCUT2D eigenvalue weighted by Crippen LogP contribution is -2.18. The van der Waals surface area contributed by atoms with E-state index >= 15 is 0 Å². The molecular weight excluding hydrogens is 206 g/mol. The van der Waals surface area contributed by atoms with Crippen molar-refractivity contribution in [3.8, 4) is 0 Å². The zero-order valence-electron chi connectivity index (χ0n) is 9.78. The van der Waals surface area contributed by atoms with E-state index in [1.807, 2.05) is 18.0 Å². The molecule has 1 aliphatic rings. The van der Waals surface area contributed by atoms with Crippen LogP contribution < -0.4 is 0 Å². The molecule has 0 amide bonds. The van der Waals surface area contributed by atoms with E-state index in [9.17, 15) is 4.39 Å². The van der Waals surface area contributed by atoms with Crippen LogP contribution in [0.1, 0.15) is 26.2 Å². The summed E-state index contributed by atoms with van der Waals surface area (Å²) in [5.41, 5.74) is 0.148. The molecule has 0 aromatic carbocycles. The summed E-state index contributed by atoms with van der Waals surface area (Å²) < 4.78 is 13.5. The molecule has 0 aromatic rings. The topological polar surface area (TPSA) is 35.8 Å². The predicted octanol–water partition coefficient (Wildman–Crippen LogP) is 1.83. The maximum absolute atomic E-state index is 13.5. The Balaban J connectivity index is 2.70. The van der Waals surface area contributed by atoms with Crippen molar-refractivity contribution in [3.63, 3.8) is 0 Å². The summed E-state index contributed by atoms with van der Waals surface area (Å²) in [4.78, 5) is 5.79. The van der Waals surface area contributed by atoms with Gasteiger partial charge in [-0.2, -0.15) is 4.39 Å². The van der Waals surface area contributed by atoms with E-state index in [4.69, 9.17) is 5.02 Å². The number of unbranched alkanes of at least 4 members (excludes halogenated alkanes) is 1. The zero-order chi connectivity index (χ0) is 12.0. The van der Waals surface area contributed by atoms with Gasteiger partial charge in [0.1, 0.15) is 5.82 Å². The first-order chi connectivity index (χ1) is 7.69. The average Bonchev–Trinajstić information content (AvgIpc) is 2.47. The van der Waals surface area contributed by atoms with E-state index in [2.05, 4.69) is 11.9 Å². The maximum Gasteiger partial charge on any atom is 0.331 e. The van der Waals surface area contributed by atoms with Crippen LogP contribution in [0.5, 0.6) is 0 Å². The van der Waals surface area contributed by atoms with Gasteiger partial charge in [-0.3, -0.25) is 0 Å². The van der Waals surface area contributed by atoms with Crippen LogP contribution in [0.2, 0.25) is 0 Å². The fourth-order valence-electron chi connectivity index (χ4n) is 1.44. The minimum atomic E-state index is -0.630. The molecule has 1 rings (SSSR count). The Labute approximate surface area is 96.6 Å². The number of allylic oxidation sites excluding steroid dienone is 3. The van der Waals surface area contributed by atoms with Gasteiger partial charge in [-0.1, -0.05) is 19.4 Å². The van der Waals surface area contributed by atoms with Crippen molar-refractivity contribution < 1.29 is 9.41 Å². The second kappa shape index (κ2) is 6.48. The summed E-state index contributed by atoms with van der Waals surface area (Å²) in [5.74, 6) is -0.00588. The Morgan fingerprint density at radius 2 is 2.31 bits per heavy atom. The van der Waals surface area contributed by atoms with Gasteiger partial charge in [-0.25, -0.2) is 4.99 Å². The highest BCUT2D eigenvalue weighted by atomic mass is 19.1. The second-order valence-corrected chi connectivity index (χ2v) is 3.76. The summed E-state index contributed by atoms with van der Waals surface area (Å²) in [5, 5.41) is 8.80. The minimum Gasteiger partial charge on any atom is -0.450 e. The van der Waals surface area contributed by atoms with E-state index < -0.39 is 5.97 Å². The number of nitrogens with zero attached hydrogens (tertiary/aromatic N) is 2. The SMILES string of the molecule is CCCCN(C)C1=CCC=C([B]O)C(F)=N1. The summed E-state index contributed by atoms with van der Waals surface area (Å²) in [6.45, 7) is 2.97. The highest BCUT2D eigenvalue weighted by Crippen LogP contribution is 2.14. The van der Waals surface area contributed by atoms with Gasteiger partial charge in [0.25, 0.3) is 0 Å². The lowest BCUT2D eigenvalue weighted by atomic mass is 9.87. The smallest absolute Gasteiger partial charge is 0.331 e. The molecular formula is C11H17BFN2O. The first-order valence-electron chi connectivity index (χ1n) is 5.52. The molecule has 0 spiro atoms. The molecule has 0 saturated carbocycles. The van der Waals surface area contributed by atoms with Gasteiger partial charge in [0.2, 0.25) is 5.97 Å². The van der Waals surface area contributed by atoms with Gasteiger partial charge < -0.3 is 9.92 Å².